The van der Waals surface area contributed by atoms with Crippen LogP contribution in [0, 0.1) is 41.4 Å². The van der Waals surface area contributed by atoms with Gasteiger partial charge in [0, 0.05) is 35.7 Å². The Morgan fingerprint density at radius 2 is 1.57 bits per heavy atom. The number of methoxy groups -OCH3 is 1. The number of nitrogens with one attached hydrogen (secondary N) is 1. The van der Waals surface area contributed by atoms with Crippen LogP contribution in [0.1, 0.15) is 144 Å². The van der Waals surface area contributed by atoms with Crippen molar-refractivity contribution in [1.29, 1.82) is 0 Å². The van der Waals surface area contributed by atoms with E-state index < -0.39 is 89.0 Å². The fraction of sp³-hybridized carbons (Fsp3) is 0.780. The Balaban J connectivity index is 1.26. The van der Waals surface area contributed by atoms with Gasteiger partial charge in [0.1, 0.15) is 17.6 Å². The maximum atomic E-state index is 14.7. The number of hydrogen-bond donors (Lipinski definition) is 4. The second kappa shape index (κ2) is 19.5. The summed E-state index contributed by atoms with van der Waals surface area (Å²) < 4.78 is 40.0. The van der Waals surface area contributed by atoms with Crippen LogP contribution in [0.2, 0.25) is 0 Å². The van der Waals surface area contributed by atoms with Crippen molar-refractivity contribution in [3.63, 3.8) is 0 Å². The smallest absolute Gasteiger partial charge is 0.309 e. The van der Waals surface area contributed by atoms with E-state index in [2.05, 4.69) is 26.1 Å². The molecule has 5 aliphatic heterocycles. The van der Waals surface area contributed by atoms with Crippen molar-refractivity contribution >= 4 is 17.7 Å². The van der Waals surface area contributed by atoms with Crippen molar-refractivity contribution < 1.29 is 58.1 Å². The van der Waals surface area contributed by atoms with Crippen molar-refractivity contribution in [1.82, 2.24) is 5.32 Å². The van der Waals surface area contributed by atoms with Crippen LogP contribution in [0.5, 0.6) is 5.75 Å². The number of carbonyl (C=O) groups excluding carboxylic acids is 2. The molecule has 1 aromatic rings. The number of carboxylic acid groups (broad SMARTS) is 1. The molecule has 6 rings (SSSR count). The number of rotatable bonds is 15. The van der Waals surface area contributed by atoms with Crippen LogP contribution in [-0.2, 0) is 33.3 Å². The molecule has 0 unspecified atom stereocenters. The molecule has 1 amide bonds. The highest BCUT2D eigenvalue weighted by molar-refractivity contribution is 5.94. The summed E-state index contributed by atoms with van der Waals surface area (Å²) in [4.78, 5) is 40.6. The van der Waals surface area contributed by atoms with Gasteiger partial charge >= 0.3 is 5.97 Å². The highest BCUT2D eigenvalue weighted by atomic mass is 16.8. The lowest BCUT2D eigenvalue weighted by Crippen LogP contribution is -2.65. The molecular weight excluding hydrogens is 807 g/mol. The van der Waals surface area contributed by atoms with E-state index in [1.54, 1.807) is 38.3 Å². The monoisotopic (exact) mass is 884 g/mol. The van der Waals surface area contributed by atoms with E-state index in [-0.39, 0.29) is 35.5 Å². The van der Waals surface area contributed by atoms with Gasteiger partial charge in [-0.2, -0.15) is 0 Å². The van der Waals surface area contributed by atoms with E-state index in [0.29, 0.717) is 69.1 Å². The lowest BCUT2D eigenvalue weighted by atomic mass is 9.72. The number of amides is 1. The van der Waals surface area contributed by atoms with E-state index in [0.717, 1.165) is 6.42 Å². The number of hydrogen-bond acceptors (Lipinski definition) is 11. The van der Waals surface area contributed by atoms with Gasteiger partial charge in [-0.1, -0.05) is 61.5 Å². The lowest BCUT2D eigenvalue weighted by Gasteiger charge is -2.55. The molecule has 0 aliphatic carbocycles. The normalized spacial score (nSPS) is 40.5. The fourth-order valence-corrected chi connectivity index (χ4v) is 11.6. The average molecular weight is 884 g/mol. The lowest BCUT2D eigenvalue weighted by molar-refractivity contribution is -0.397. The van der Waals surface area contributed by atoms with Gasteiger partial charge in [0.25, 0.3) is 5.91 Å². The minimum atomic E-state index is -1.37. The minimum Gasteiger partial charge on any atom is -0.497 e. The number of carbonyl (C=O) groups is 3. The zero-order valence-electron chi connectivity index (χ0n) is 39.6. The molecular formula is C50H77NO12. The quantitative estimate of drug-likeness (QED) is 0.127. The first-order valence-electron chi connectivity index (χ1n) is 23.9. The standard InChI is InChI=1S/C50H77NO12/c1-12-36(46(55)56)38-20-15-28(4)43(60-38)32(8)41(52)31(7)42(53)37(13-2)44-29(5)27-30(6)49(61-44)24-21-39(51-45(54)34-16-18-35(58-11)19-17-34)50(63-49)26-25-47(10,62-50)40-22-23-48(57,14-3)33(9)59-40/h16-19,21,24,28-33,36-41,43-44,52,57H,12-15,20,22-23,25-27H2,1-11H3,(H,51,54)(H,55,56)/t28-,29-,30+,31-,32-,33-,36+,37-,38+,39-,40+,41+,43+,44-,47-,48+,49-,50-/m0/s1. The van der Waals surface area contributed by atoms with Gasteiger partial charge < -0.3 is 49.1 Å². The Morgan fingerprint density at radius 3 is 2.17 bits per heavy atom. The Morgan fingerprint density at radius 1 is 0.889 bits per heavy atom. The van der Waals surface area contributed by atoms with Gasteiger partial charge in [0.2, 0.25) is 0 Å². The number of aliphatic hydroxyl groups is 2. The number of benzene rings is 1. The minimum absolute atomic E-state index is 0.0320. The summed E-state index contributed by atoms with van der Waals surface area (Å²) >= 11 is 0. The van der Waals surface area contributed by atoms with Crippen molar-refractivity contribution in [2.24, 2.45) is 41.4 Å². The predicted octanol–water partition coefficient (Wildman–Crippen LogP) is 7.63. The van der Waals surface area contributed by atoms with Crippen LogP contribution in [0.25, 0.3) is 0 Å². The second-order valence-corrected chi connectivity index (χ2v) is 20.2. The SMILES string of the molecule is CC[C@@H](C(=O)[C@@H](C)[C@@H](O)[C@H](C)[C@@H]1O[C@@H]([C@@H](CC)C(=O)O)CC[C@@H]1C)[C@H]1O[C@]2(C=C[C@H](NC(=O)c3ccc(OC)cc3)[C@]3(CC[C@@](C)([C@H]4CC[C@](O)(CC)[C@H](C)O4)O3)O2)[C@H](C)C[C@@H]1C. The summed E-state index contributed by atoms with van der Waals surface area (Å²) in [6.07, 6.45) is 6.37. The molecule has 1 aromatic carbocycles. The summed E-state index contributed by atoms with van der Waals surface area (Å²) in [7, 11) is 1.58. The summed E-state index contributed by atoms with van der Waals surface area (Å²) in [5.41, 5.74) is -1.30. The number of carboxylic acids is 1. The Kier molecular flexibility index (Phi) is 15.3. The largest absolute Gasteiger partial charge is 0.497 e. The third-order valence-electron chi connectivity index (χ3n) is 16.1. The van der Waals surface area contributed by atoms with Crippen molar-refractivity contribution in [2.45, 2.75) is 199 Å². The topological polar surface area (TPSA) is 179 Å². The molecule has 354 valence electrons. The van der Waals surface area contributed by atoms with Crippen LogP contribution in [-0.4, -0.2) is 106 Å². The molecule has 0 radical (unpaired) electrons. The summed E-state index contributed by atoms with van der Waals surface area (Å²) in [6, 6.07) is 6.18. The highest BCUT2D eigenvalue weighted by Gasteiger charge is 2.63. The van der Waals surface area contributed by atoms with E-state index in [9.17, 15) is 29.7 Å². The maximum absolute atomic E-state index is 14.7. The maximum Gasteiger partial charge on any atom is 0.309 e. The van der Waals surface area contributed by atoms with E-state index in [4.69, 9.17) is 28.4 Å². The second-order valence-electron chi connectivity index (χ2n) is 20.2. The predicted molar refractivity (Wildman–Crippen MR) is 237 cm³/mol. The van der Waals surface area contributed by atoms with Gasteiger partial charge in [-0.15, -0.1) is 0 Å². The molecule has 4 fully saturated rings. The van der Waals surface area contributed by atoms with Crippen LogP contribution < -0.4 is 10.1 Å². The van der Waals surface area contributed by atoms with Crippen LogP contribution in [0.3, 0.4) is 0 Å². The van der Waals surface area contributed by atoms with E-state index >= 15 is 0 Å². The number of ether oxygens (including phenoxy) is 6. The third kappa shape index (κ3) is 9.67. The molecule has 0 bridgehead atoms. The number of ketones is 1. The summed E-state index contributed by atoms with van der Waals surface area (Å²) in [5, 5.41) is 36.2. The zero-order chi connectivity index (χ0) is 46.2. The van der Waals surface area contributed by atoms with Crippen molar-refractivity contribution in [3.05, 3.63) is 42.0 Å². The fourth-order valence-electron chi connectivity index (χ4n) is 11.6. The molecule has 4 saturated heterocycles. The molecule has 4 N–H and O–H groups in total. The molecule has 18 atom stereocenters. The van der Waals surface area contributed by atoms with Crippen LogP contribution in [0.15, 0.2) is 36.4 Å². The first kappa shape index (κ1) is 49.5. The van der Waals surface area contributed by atoms with Crippen LogP contribution in [0.4, 0.5) is 0 Å². The molecule has 13 nitrogen and oxygen atoms in total. The number of Topliss-reactive ketones (excluding diaryl/α,β-unsaturated/α-hetero) is 1. The van der Waals surface area contributed by atoms with Gasteiger partial charge in [-0.25, -0.2) is 0 Å². The summed E-state index contributed by atoms with van der Waals surface area (Å²) in [6.45, 7) is 19.6. The molecule has 0 saturated carbocycles. The van der Waals surface area contributed by atoms with Crippen molar-refractivity contribution in [3.8, 4) is 5.75 Å². The number of aliphatic hydroxyl groups excluding tert-OH is 1. The van der Waals surface area contributed by atoms with E-state index in [1.165, 1.54) is 0 Å². The Hall–Kier alpha value is -2.91. The molecule has 5 heterocycles. The van der Waals surface area contributed by atoms with Gasteiger partial charge in [-0.05, 0) is 114 Å². The van der Waals surface area contributed by atoms with Gasteiger partial charge in [0.05, 0.1) is 60.9 Å². The van der Waals surface area contributed by atoms with Gasteiger partial charge in [-0.3, -0.25) is 14.4 Å². The number of aliphatic carboxylic acids is 1. The summed E-state index contributed by atoms with van der Waals surface area (Å²) in [5.74, 6) is -5.81. The molecule has 13 heteroatoms. The molecule has 0 aromatic heterocycles. The first-order valence-corrected chi connectivity index (χ1v) is 23.9. The zero-order valence-corrected chi connectivity index (χ0v) is 39.6. The molecule has 2 spiro atoms. The highest BCUT2D eigenvalue weighted by Crippen LogP contribution is 2.54. The van der Waals surface area contributed by atoms with Gasteiger partial charge in [0.15, 0.2) is 11.6 Å². The average Bonchev–Trinajstić information content (AvgIpc) is 3.61. The molecule has 63 heavy (non-hydrogen) atoms. The van der Waals surface area contributed by atoms with E-state index in [1.807, 2.05) is 53.7 Å². The third-order valence-corrected chi connectivity index (χ3v) is 16.1. The van der Waals surface area contributed by atoms with Crippen molar-refractivity contribution in [2.75, 3.05) is 7.11 Å². The first-order chi connectivity index (χ1) is 29.7. The van der Waals surface area contributed by atoms with Crippen LogP contribution >= 0.6 is 0 Å². The Bertz CT molecular complexity index is 1790. The molecule has 5 aliphatic rings. The Labute approximate surface area is 375 Å².